The van der Waals surface area contributed by atoms with Crippen LogP contribution >= 0.6 is 31.9 Å². The van der Waals surface area contributed by atoms with Gasteiger partial charge in [-0.25, -0.2) is 0 Å². The number of rotatable bonds is 3. The van der Waals surface area contributed by atoms with Crippen molar-refractivity contribution in [2.45, 2.75) is 34.5 Å². The quantitative estimate of drug-likeness (QED) is 0.658. The number of aliphatic hydroxyl groups is 1. The highest BCUT2D eigenvalue weighted by molar-refractivity contribution is 9.26. The molecule has 0 saturated heterocycles. The maximum atomic E-state index is 12.4. The molecule has 92 valence electrons. The predicted molar refractivity (Wildman–Crippen MR) is 74.8 cm³/mol. The second-order valence-electron chi connectivity index (χ2n) is 4.51. The molecule has 17 heavy (non-hydrogen) atoms. The van der Waals surface area contributed by atoms with Gasteiger partial charge in [0.15, 0.2) is 9.02 Å². The molecule has 0 bridgehead atoms. The SMILES string of the molecule is O=C(c1ccccc1)C(Br)(Br)C1(O)CCCC1. The highest BCUT2D eigenvalue weighted by atomic mass is 79.9. The molecule has 0 radical (unpaired) electrons. The summed E-state index contributed by atoms with van der Waals surface area (Å²) in [6.07, 6.45) is 3.19. The summed E-state index contributed by atoms with van der Waals surface area (Å²) in [6, 6.07) is 9.03. The molecule has 1 aromatic rings. The Morgan fingerprint density at radius 1 is 1.18 bits per heavy atom. The van der Waals surface area contributed by atoms with E-state index in [1.54, 1.807) is 12.1 Å². The third-order valence-electron chi connectivity index (χ3n) is 3.34. The Hall–Kier alpha value is -0.190. The van der Waals surface area contributed by atoms with E-state index in [0.29, 0.717) is 18.4 Å². The number of hydrogen-bond donors (Lipinski definition) is 1. The van der Waals surface area contributed by atoms with Crippen LogP contribution in [0.4, 0.5) is 0 Å². The lowest BCUT2D eigenvalue weighted by atomic mass is 9.92. The van der Waals surface area contributed by atoms with Crippen molar-refractivity contribution < 1.29 is 9.90 Å². The molecular weight excluding hydrogens is 348 g/mol. The highest BCUT2D eigenvalue weighted by Gasteiger charge is 2.53. The maximum Gasteiger partial charge on any atom is 0.193 e. The van der Waals surface area contributed by atoms with E-state index in [0.717, 1.165) is 12.8 Å². The fraction of sp³-hybridized carbons (Fsp3) is 0.462. The minimum absolute atomic E-state index is 0.123. The van der Waals surface area contributed by atoms with Crippen molar-refractivity contribution >= 4 is 37.6 Å². The molecule has 0 aromatic heterocycles. The van der Waals surface area contributed by atoms with Gasteiger partial charge in [0.2, 0.25) is 0 Å². The van der Waals surface area contributed by atoms with Crippen molar-refractivity contribution in [1.29, 1.82) is 0 Å². The Kier molecular flexibility index (Phi) is 3.76. The van der Waals surface area contributed by atoms with E-state index < -0.39 is 8.83 Å². The summed E-state index contributed by atoms with van der Waals surface area (Å²) >= 11 is 6.77. The van der Waals surface area contributed by atoms with Crippen LogP contribution in [0.1, 0.15) is 36.0 Å². The predicted octanol–water partition coefficient (Wildman–Crippen LogP) is 3.66. The van der Waals surface area contributed by atoms with E-state index in [9.17, 15) is 9.90 Å². The molecule has 1 aliphatic rings. The third-order valence-corrected chi connectivity index (χ3v) is 5.53. The van der Waals surface area contributed by atoms with Crippen LogP contribution in [0.5, 0.6) is 0 Å². The van der Waals surface area contributed by atoms with E-state index >= 15 is 0 Å². The summed E-state index contributed by atoms with van der Waals surface area (Å²) in [5.74, 6) is -0.123. The molecule has 2 rings (SSSR count). The number of halogens is 2. The molecule has 1 saturated carbocycles. The summed E-state index contributed by atoms with van der Waals surface area (Å²) in [7, 11) is 0. The minimum atomic E-state index is -1.08. The normalized spacial score (nSPS) is 19.2. The van der Waals surface area contributed by atoms with Crippen LogP contribution in [0.15, 0.2) is 30.3 Å². The van der Waals surface area contributed by atoms with Crippen LogP contribution in [-0.2, 0) is 0 Å². The Labute approximate surface area is 118 Å². The van der Waals surface area contributed by atoms with Gasteiger partial charge in [0.05, 0.1) is 5.60 Å². The largest absolute Gasteiger partial charge is 0.387 e. The van der Waals surface area contributed by atoms with Crippen molar-refractivity contribution in [2.24, 2.45) is 0 Å². The fourth-order valence-corrected chi connectivity index (χ4v) is 3.51. The summed E-state index contributed by atoms with van der Waals surface area (Å²) in [4.78, 5) is 12.4. The Balaban J connectivity index is 2.29. The minimum Gasteiger partial charge on any atom is -0.387 e. The summed E-state index contributed by atoms with van der Waals surface area (Å²) in [6.45, 7) is 0. The number of carbonyl (C=O) groups is 1. The smallest absolute Gasteiger partial charge is 0.193 e. The van der Waals surface area contributed by atoms with Crippen LogP contribution in [0.2, 0.25) is 0 Å². The molecule has 0 spiro atoms. The van der Waals surface area contributed by atoms with Gasteiger partial charge >= 0.3 is 0 Å². The van der Waals surface area contributed by atoms with Crippen LogP contribution in [0, 0.1) is 0 Å². The molecular formula is C13H14Br2O2. The first-order valence-corrected chi connectivity index (χ1v) is 7.26. The molecule has 1 aromatic carbocycles. The molecule has 0 amide bonds. The second kappa shape index (κ2) is 4.82. The van der Waals surface area contributed by atoms with Crippen LogP contribution in [-0.4, -0.2) is 19.7 Å². The van der Waals surface area contributed by atoms with E-state index in [1.165, 1.54) is 0 Å². The lowest BCUT2D eigenvalue weighted by Gasteiger charge is -2.35. The average molecular weight is 362 g/mol. The lowest BCUT2D eigenvalue weighted by Crippen LogP contribution is -2.48. The first-order valence-electron chi connectivity index (χ1n) is 5.67. The summed E-state index contributed by atoms with van der Waals surface area (Å²) < 4.78 is -1.08. The number of Topliss-reactive ketones (excluding diaryl/α,β-unsaturated/α-hetero) is 1. The molecule has 4 heteroatoms. The Bertz CT molecular complexity index is 409. The van der Waals surface area contributed by atoms with Gasteiger partial charge in [0.25, 0.3) is 0 Å². The van der Waals surface area contributed by atoms with Gasteiger partial charge in [-0.2, -0.15) is 0 Å². The first kappa shape index (κ1) is 13.2. The van der Waals surface area contributed by atoms with E-state index in [-0.39, 0.29) is 5.78 Å². The van der Waals surface area contributed by atoms with Crippen LogP contribution < -0.4 is 0 Å². The van der Waals surface area contributed by atoms with Crippen molar-refractivity contribution in [3.05, 3.63) is 35.9 Å². The van der Waals surface area contributed by atoms with Crippen molar-refractivity contribution in [3.63, 3.8) is 0 Å². The third kappa shape index (κ3) is 2.35. The van der Waals surface area contributed by atoms with Crippen molar-refractivity contribution in [3.8, 4) is 0 Å². The molecule has 0 atom stereocenters. The number of alkyl halides is 2. The van der Waals surface area contributed by atoms with Gasteiger partial charge in [0, 0.05) is 5.56 Å². The van der Waals surface area contributed by atoms with Crippen LogP contribution in [0.3, 0.4) is 0 Å². The van der Waals surface area contributed by atoms with Gasteiger partial charge in [-0.3, -0.25) is 4.79 Å². The van der Waals surface area contributed by atoms with Gasteiger partial charge in [-0.1, -0.05) is 75.0 Å². The standard InChI is InChI=1S/C13H14Br2O2/c14-13(15,12(17)8-4-5-9-12)11(16)10-6-2-1-3-7-10/h1-3,6-7,17H,4-5,8-9H2. The molecule has 1 aliphatic carbocycles. The van der Waals surface area contributed by atoms with Crippen LogP contribution in [0.25, 0.3) is 0 Å². The number of ketones is 1. The van der Waals surface area contributed by atoms with Gasteiger partial charge in [-0.15, -0.1) is 0 Å². The molecule has 1 fully saturated rings. The maximum absolute atomic E-state index is 12.4. The number of benzene rings is 1. The monoisotopic (exact) mass is 360 g/mol. The zero-order valence-corrected chi connectivity index (χ0v) is 12.5. The average Bonchev–Trinajstić information content (AvgIpc) is 2.78. The lowest BCUT2D eigenvalue weighted by molar-refractivity contribution is 0.0367. The molecule has 0 aliphatic heterocycles. The molecule has 2 nitrogen and oxygen atoms in total. The number of hydrogen-bond acceptors (Lipinski definition) is 2. The van der Waals surface area contributed by atoms with Gasteiger partial charge < -0.3 is 5.11 Å². The zero-order chi connectivity index (χ0) is 12.5. The second-order valence-corrected chi connectivity index (χ2v) is 7.95. The van der Waals surface area contributed by atoms with E-state index in [4.69, 9.17) is 0 Å². The van der Waals surface area contributed by atoms with Crippen molar-refractivity contribution in [1.82, 2.24) is 0 Å². The molecule has 1 N–H and O–H groups in total. The van der Waals surface area contributed by atoms with Gasteiger partial charge in [0.1, 0.15) is 0 Å². The summed E-state index contributed by atoms with van der Waals surface area (Å²) in [5.41, 5.74) is -0.401. The fourth-order valence-electron chi connectivity index (χ4n) is 2.26. The van der Waals surface area contributed by atoms with E-state index in [1.807, 2.05) is 18.2 Å². The zero-order valence-electron chi connectivity index (χ0n) is 9.33. The van der Waals surface area contributed by atoms with E-state index in [2.05, 4.69) is 31.9 Å². The molecule has 0 heterocycles. The Morgan fingerprint density at radius 2 is 1.71 bits per heavy atom. The summed E-state index contributed by atoms with van der Waals surface area (Å²) in [5, 5.41) is 10.5. The molecule has 0 unspecified atom stereocenters. The first-order chi connectivity index (χ1) is 7.97. The highest BCUT2D eigenvalue weighted by Crippen LogP contribution is 2.49. The Morgan fingerprint density at radius 3 is 2.24 bits per heavy atom. The van der Waals surface area contributed by atoms with Crippen molar-refractivity contribution in [2.75, 3.05) is 0 Å². The van der Waals surface area contributed by atoms with Gasteiger partial charge in [-0.05, 0) is 12.8 Å². The number of carbonyl (C=O) groups excluding carboxylic acids is 1. The topological polar surface area (TPSA) is 37.3 Å².